The summed E-state index contributed by atoms with van der Waals surface area (Å²) in [5.74, 6) is -0.188. The third kappa shape index (κ3) is 44.1. The van der Waals surface area contributed by atoms with Crippen LogP contribution in [0.25, 0.3) is 0 Å². The van der Waals surface area contributed by atoms with Gasteiger partial charge in [0, 0.05) is 12.3 Å². The van der Waals surface area contributed by atoms with Gasteiger partial charge in [0.2, 0.25) is 0 Å². The van der Waals surface area contributed by atoms with Crippen LogP contribution in [-0.2, 0) is 14.4 Å². The van der Waals surface area contributed by atoms with Gasteiger partial charge in [0.15, 0.2) is 0 Å². The second-order valence-corrected chi connectivity index (χ2v) is 13.8. The number of carbonyl (C=O) groups is 1. The number of unbranched alkanes of at least 4 members (excludes halogenated alkanes) is 20. The molecule has 0 aliphatic heterocycles. The van der Waals surface area contributed by atoms with E-state index < -0.39 is 0 Å². The zero-order valence-electron chi connectivity index (χ0n) is 33.6. The average Bonchev–Trinajstić information content (AvgIpc) is 3.11. The van der Waals surface area contributed by atoms with E-state index in [2.05, 4.69) is 56.9 Å². The number of ether oxygens (including phenoxy) is 1. The van der Waals surface area contributed by atoms with Gasteiger partial charge in [-0.2, -0.15) is 0 Å². The van der Waals surface area contributed by atoms with Crippen molar-refractivity contribution < 1.29 is 14.4 Å². The summed E-state index contributed by atoms with van der Waals surface area (Å²) in [5, 5.41) is 7.21. The number of esters is 1. The molecule has 288 valence electrons. The van der Waals surface area contributed by atoms with E-state index in [0.29, 0.717) is 6.61 Å². The molecule has 0 radical (unpaired) electrons. The minimum absolute atomic E-state index is 0.188. The van der Waals surface area contributed by atoms with Crippen molar-refractivity contribution in [2.75, 3.05) is 20.2 Å². The number of oxime groups is 1. The van der Waals surface area contributed by atoms with Crippen LogP contribution in [0, 0.1) is 0 Å². The summed E-state index contributed by atoms with van der Waals surface area (Å²) >= 11 is 0. The van der Waals surface area contributed by atoms with Crippen LogP contribution in [0.2, 0.25) is 0 Å². The van der Waals surface area contributed by atoms with Gasteiger partial charge in [-0.15, -0.1) is 0 Å². The number of nitrogens with one attached hydrogen (secondary N) is 1. The Labute approximate surface area is 306 Å². The fourth-order valence-corrected chi connectivity index (χ4v) is 5.46. The largest absolute Gasteiger partial charge is 0.463 e. The molecule has 0 bridgehead atoms. The predicted octanol–water partition coefficient (Wildman–Crippen LogP) is 13.8. The van der Waals surface area contributed by atoms with Gasteiger partial charge < -0.3 is 14.9 Å². The Hall–Kier alpha value is -1.88. The van der Waals surface area contributed by atoms with Crippen molar-refractivity contribution >= 4 is 12.2 Å². The van der Waals surface area contributed by atoms with Crippen molar-refractivity contribution in [3.63, 3.8) is 0 Å². The lowest BCUT2D eigenvalue weighted by Crippen LogP contribution is -2.10. The molecule has 0 aliphatic rings. The van der Waals surface area contributed by atoms with Crippen LogP contribution >= 0.6 is 0 Å². The Bertz CT molecular complexity index is 707. The van der Waals surface area contributed by atoms with E-state index in [4.69, 9.17) is 9.57 Å². The molecule has 0 amide bonds. The van der Waals surface area contributed by atoms with E-state index in [1.165, 1.54) is 128 Å². The van der Waals surface area contributed by atoms with Gasteiger partial charge in [0.1, 0.15) is 6.10 Å². The lowest BCUT2D eigenvalue weighted by atomic mass is 10.0. The number of rotatable bonds is 36. The first-order chi connectivity index (χ1) is 24.0. The lowest BCUT2D eigenvalue weighted by molar-refractivity contribution is -0.137. The minimum Gasteiger partial charge on any atom is -0.463 e. The van der Waals surface area contributed by atoms with Crippen LogP contribution in [0.1, 0.15) is 207 Å². The van der Waals surface area contributed by atoms with Crippen LogP contribution < -0.4 is 5.32 Å². The van der Waals surface area contributed by atoms with Gasteiger partial charge in [0.25, 0.3) is 0 Å². The van der Waals surface area contributed by atoms with Crippen LogP contribution in [-0.4, -0.2) is 38.5 Å². The number of nitrogens with zero attached hydrogens (tertiary/aromatic N) is 1. The molecule has 0 aromatic rings. The zero-order chi connectivity index (χ0) is 36.3. The van der Waals surface area contributed by atoms with Crippen molar-refractivity contribution in [3.05, 3.63) is 36.5 Å². The Balaban J connectivity index is 0. The van der Waals surface area contributed by atoms with Crippen LogP contribution in [0.15, 0.2) is 41.6 Å². The van der Waals surface area contributed by atoms with Crippen molar-refractivity contribution in [1.29, 1.82) is 0 Å². The molecule has 1 unspecified atom stereocenters. The highest BCUT2D eigenvalue weighted by Gasteiger charge is 2.09. The Morgan fingerprint density at radius 1 is 0.633 bits per heavy atom. The second kappa shape index (κ2) is 44.1. The highest BCUT2D eigenvalue weighted by Crippen LogP contribution is 2.18. The minimum atomic E-state index is -0.188. The summed E-state index contributed by atoms with van der Waals surface area (Å²) in [6.45, 7) is 14.6. The molecule has 0 aromatic heterocycles. The quantitative estimate of drug-likeness (QED) is 0.0178. The van der Waals surface area contributed by atoms with Crippen molar-refractivity contribution in [3.8, 4) is 0 Å². The lowest BCUT2D eigenvalue weighted by Gasteiger charge is -2.15. The summed E-state index contributed by atoms with van der Waals surface area (Å²) in [6.07, 6.45) is 44.3. The van der Waals surface area contributed by atoms with Gasteiger partial charge in [-0.25, -0.2) is 4.79 Å². The first-order valence-corrected chi connectivity index (χ1v) is 21.0. The van der Waals surface area contributed by atoms with Gasteiger partial charge in [-0.05, 0) is 90.6 Å². The van der Waals surface area contributed by atoms with Crippen LogP contribution in [0.5, 0.6) is 0 Å². The molecule has 5 nitrogen and oxygen atoms in total. The molecular weight excluding hydrogens is 604 g/mol. The first-order valence-electron chi connectivity index (χ1n) is 21.0. The molecule has 0 saturated heterocycles. The molecule has 0 fully saturated rings. The molecule has 0 aliphatic carbocycles. The molecule has 1 atom stereocenters. The maximum atomic E-state index is 11.8. The number of hydrogen-bond donors (Lipinski definition) is 1. The summed E-state index contributed by atoms with van der Waals surface area (Å²) < 4.78 is 5.33. The molecule has 0 saturated carbocycles. The summed E-state index contributed by atoms with van der Waals surface area (Å²) in [4.78, 5) is 17.7. The molecule has 0 rings (SSSR count). The topological polar surface area (TPSA) is 59.9 Å². The third-order valence-corrected chi connectivity index (χ3v) is 8.80. The molecule has 49 heavy (non-hydrogen) atoms. The van der Waals surface area contributed by atoms with Crippen LogP contribution in [0.3, 0.4) is 0 Å². The van der Waals surface area contributed by atoms with E-state index in [0.717, 1.165) is 64.3 Å². The Morgan fingerprint density at radius 2 is 1.12 bits per heavy atom. The molecule has 0 heterocycles. The second-order valence-electron chi connectivity index (χ2n) is 13.8. The number of hydrogen-bond acceptors (Lipinski definition) is 5. The monoisotopic (exact) mass is 689 g/mol. The number of carbonyl (C=O) groups excluding carboxylic acids is 1. The molecular formula is C44H84N2O3. The fraction of sp³-hybridized carbons (Fsp3) is 0.818. The third-order valence-electron chi connectivity index (χ3n) is 8.80. The number of allylic oxidation sites excluding steroid dienone is 4. The van der Waals surface area contributed by atoms with Crippen molar-refractivity contribution in [2.24, 2.45) is 5.16 Å². The van der Waals surface area contributed by atoms with E-state index in [9.17, 15) is 4.79 Å². The van der Waals surface area contributed by atoms with Crippen molar-refractivity contribution in [2.45, 2.75) is 214 Å². The first kappa shape index (κ1) is 49.2. The summed E-state index contributed by atoms with van der Waals surface area (Å²) in [7, 11) is 1.93. The standard InChI is InChI=1S/C41H75NO3.C3H9N/c1-5-8-11-13-20-26-32-39(4)33-27-21-16-15-17-22-28-34-40(45-42-37-10-7-3)35-29-23-18-19-25-31-38-44-41(43)36-30-24-14-12-9-6-2;1-3-4-2/h26,30,32,36-37,40H,4-25,27-29,31,33-35,38H2,1-3H3;4H,3H2,1-2H3/b32-26-,36-30-,42-37+;. The van der Waals surface area contributed by atoms with Crippen molar-refractivity contribution in [1.82, 2.24) is 5.32 Å². The average molecular weight is 689 g/mol. The molecule has 5 heteroatoms. The maximum absolute atomic E-state index is 11.8. The van der Waals surface area contributed by atoms with Crippen LogP contribution in [0.4, 0.5) is 0 Å². The Kier molecular flexibility index (Phi) is 44.4. The highest BCUT2D eigenvalue weighted by molar-refractivity contribution is 5.81. The molecule has 0 aromatic carbocycles. The summed E-state index contributed by atoms with van der Waals surface area (Å²) in [5.41, 5.74) is 1.30. The molecule has 1 N–H and O–H groups in total. The van der Waals surface area contributed by atoms with Gasteiger partial charge in [-0.3, -0.25) is 0 Å². The predicted molar refractivity (Wildman–Crippen MR) is 218 cm³/mol. The highest BCUT2D eigenvalue weighted by atomic mass is 16.6. The SMILES string of the molecule is C=C(/C=C\CCCCCC)CCCCCCCCCC(CCCCCCCCOC(=O)/C=C\CCCCCC)O/N=C/CCC.CCNC. The van der Waals surface area contributed by atoms with Gasteiger partial charge in [-0.1, -0.05) is 166 Å². The molecule has 0 spiro atoms. The maximum Gasteiger partial charge on any atom is 0.330 e. The van der Waals surface area contributed by atoms with E-state index in [1.54, 1.807) is 6.08 Å². The van der Waals surface area contributed by atoms with E-state index >= 15 is 0 Å². The smallest absolute Gasteiger partial charge is 0.330 e. The normalized spacial score (nSPS) is 12.1. The van der Waals surface area contributed by atoms with E-state index in [-0.39, 0.29) is 12.1 Å². The van der Waals surface area contributed by atoms with Gasteiger partial charge >= 0.3 is 5.97 Å². The summed E-state index contributed by atoms with van der Waals surface area (Å²) in [6, 6.07) is 0. The Morgan fingerprint density at radius 3 is 1.65 bits per heavy atom. The van der Waals surface area contributed by atoms with Gasteiger partial charge in [0.05, 0.1) is 6.61 Å². The zero-order valence-corrected chi connectivity index (χ0v) is 33.6. The van der Waals surface area contributed by atoms with E-state index in [1.807, 2.05) is 19.3 Å². The fourth-order valence-electron chi connectivity index (χ4n) is 5.46.